The number of rotatable bonds is 4. The summed E-state index contributed by atoms with van der Waals surface area (Å²) in [6, 6.07) is 15.2. The summed E-state index contributed by atoms with van der Waals surface area (Å²) < 4.78 is 3.22. The molecule has 1 aromatic heterocycles. The van der Waals surface area contributed by atoms with Crippen molar-refractivity contribution in [1.29, 1.82) is 0 Å². The Hall–Kier alpha value is -2.86. The summed E-state index contributed by atoms with van der Waals surface area (Å²) in [6.07, 6.45) is 1.65. The van der Waals surface area contributed by atoms with Crippen molar-refractivity contribution in [2.75, 3.05) is 5.73 Å². The second-order valence-corrected chi connectivity index (χ2v) is 7.24. The third-order valence-corrected chi connectivity index (χ3v) is 5.31. The SMILES string of the molecule is Cc1ccc(-n2c(C)cc(/C=N\NC(=O)c3ccccc3N)c2C)cc1Br. The summed E-state index contributed by atoms with van der Waals surface area (Å²) in [5, 5.41) is 4.10. The highest BCUT2D eigenvalue weighted by Gasteiger charge is 2.11. The number of aryl methyl sites for hydroxylation is 2. The minimum absolute atomic E-state index is 0.333. The summed E-state index contributed by atoms with van der Waals surface area (Å²) in [5.41, 5.74) is 14.5. The molecule has 0 radical (unpaired) electrons. The minimum Gasteiger partial charge on any atom is -0.398 e. The first kappa shape index (κ1) is 18.9. The highest BCUT2D eigenvalue weighted by molar-refractivity contribution is 9.10. The zero-order chi connectivity index (χ0) is 19.6. The molecule has 0 fully saturated rings. The van der Waals surface area contributed by atoms with Crippen LogP contribution in [0.25, 0.3) is 5.69 Å². The van der Waals surface area contributed by atoms with Gasteiger partial charge in [-0.25, -0.2) is 5.43 Å². The van der Waals surface area contributed by atoms with Gasteiger partial charge in [-0.05, 0) is 56.7 Å². The van der Waals surface area contributed by atoms with Crippen LogP contribution in [0.5, 0.6) is 0 Å². The fourth-order valence-corrected chi connectivity index (χ4v) is 3.33. The maximum atomic E-state index is 12.2. The first-order valence-electron chi connectivity index (χ1n) is 8.52. The highest BCUT2D eigenvalue weighted by Crippen LogP contribution is 2.24. The van der Waals surface area contributed by atoms with Gasteiger partial charge in [0.2, 0.25) is 0 Å². The topological polar surface area (TPSA) is 72.4 Å². The molecule has 0 unspecified atom stereocenters. The Labute approximate surface area is 167 Å². The lowest BCUT2D eigenvalue weighted by Crippen LogP contribution is -2.19. The van der Waals surface area contributed by atoms with E-state index in [4.69, 9.17) is 5.73 Å². The second-order valence-electron chi connectivity index (χ2n) is 6.38. The number of nitrogens with one attached hydrogen (secondary N) is 1. The van der Waals surface area contributed by atoms with Gasteiger partial charge in [0.1, 0.15) is 0 Å². The zero-order valence-electron chi connectivity index (χ0n) is 15.5. The predicted molar refractivity (Wildman–Crippen MR) is 114 cm³/mol. The van der Waals surface area contributed by atoms with Crippen LogP contribution in [-0.2, 0) is 0 Å². The van der Waals surface area contributed by atoms with Crippen LogP contribution in [-0.4, -0.2) is 16.7 Å². The molecule has 0 saturated carbocycles. The van der Waals surface area contributed by atoms with Crippen LogP contribution in [0.2, 0.25) is 0 Å². The maximum Gasteiger partial charge on any atom is 0.273 e. The Bertz CT molecular complexity index is 1040. The largest absolute Gasteiger partial charge is 0.398 e. The van der Waals surface area contributed by atoms with Crippen molar-refractivity contribution < 1.29 is 4.79 Å². The number of halogens is 1. The molecule has 0 atom stereocenters. The second kappa shape index (κ2) is 7.80. The molecular weight excluding hydrogens is 404 g/mol. The lowest BCUT2D eigenvalue weighted by Gasteiger charge is -2.11. The summed E-state index contributed by atoms with van der Waals surface area (Å²) >= 11 is 3.59. The van der Waals surface area contributed by atoms with E-state index in [9.17, 15) is 4.79 Å². The number of nitrogens with two attached hydrogens (primary N) is 1. The van der Waals surface area contributed by atoms with Crippen molar-refractivity contribution in [2.45, 2.75) is 20.8 Å². The van der Waals surface area contributed by atoms with E-state index in [1.807, 2.05) is 19.9 Å². The number of benzene rings is 2. The number of hydrogen-bond donors (Lipinski definition) is 2. The van der Waals surface area contributed by atoms with Crippen LogP contribution < -0.4 is 11.2 Å². The number of carbonyl (C=O) groups excluding carboxylic acids is 1. The highest BCUT2D eigenvalue weighted by atomic mass is 79.9. The summed E-state index contributed by atoms with van der Waals surface area (Å²) in [5.74, 6) is -0.333. The minimum atomic E-state index is -0.333. The number of carbonyl (C=O) groups is 1. The van der Waals surface area contributed by atoms with Gasteiger partial charge < -0.3 is 10.3 Å². The Morgan fingerprint density at radius 2 is 1.89 bits per heavy atom. The lowest BCUT2D eigenvalue weighted by atomic mass is 10.2. The van der Waals surface area contributed by atoms with Gasteiger partial charge in [-0.3, -0.25) is 4.79 Å². The van der Waals surface area contributed by atoms with Crippen LogP contribution in [0.1, 0.15) is 32.9 Å². The number of hydrogen-bond acceptors (Lipinski definition) is 3. The summed E-state index contributed by atoms with van der Waals surface area (Å²) in [6.45, 7) is 6.13. The van der Waals surface area contributed by atoms with Crippen molar-refractivity contribution in [3.05, 3.63) is 81.1 Å². The first-order valence-corrected chi connectivity index (χ1v) is 9.31. The number of para-hydroxylation sites is 1. The van der Waals surface area contributed by atoms with E-state index < -0.39 is 0 Å². The summed E-state index contributed by atoms with van der Waals surface area (Å²) in [4.78, 5) is 12.2. The number of anilines is 1. The predicted octanol–water partition coefficient (Wildman–Crippen LogP) is 4.51. The van der Waals surface area contributed by atoms with E-state index in [0.29, 0.717) is 11.3 Å². The molecule has 3 aromatic rings. The van der Waals surface area contributed by atoms with Gasteiger partial charge in [-0.2, -0.15) is 5.10 Å². The number of nitrogens with zero attached hydrogens (tertiary/aromatic N) is 2. The monoisotopic (exact) mass is 424 g/mol. The van der Waals surface area contributed by atoms with Gasteiger partial charge in [0, 0.05) is 32.8 Å². The van der Waals surface area contributed by atoms with Gasteiger partial charge in [-0.15, -0.1) is 0 Å². The molecule has 1 amide bonds. The Kier molecular flexibility index (Phi) is 5.46. The normalized spacial score (nSPS) is 11.1. The molecule has 0 saturated heterocycles. The third-order valence-electron chi connectivity index (χ3n) is 4.46. The molecule has 0 bridgehead atoms. The fourth-order valence-electron chi connectivity index (χ4n) is 2.96. The quantitative estimate of drug-likeness (QED) is 0.367. The lowest BCUT2D eigenvalue weighted by molar-refractivity contribution is 0.0956. The van der Waals surface area contributed by atoms with Crippen molar-refractivity contribution in [3.63, 3.8) is 0 Å². The molecule has 0 spiro atoms. The van der Waals surface area contributed by atoms with Crippen molar-refractivity contribution in [2.24, 2.45) is 5.10 Å². The molecule has 0 aliphatic rings. The number of hydrazone groups is 1. The van der Waals surface area contributed by atoms with E-state index in [-0.39, 0.29) is 5.91 Å². The molecule has 138 valence electrons. The number of amides is 1. The molecule has 3 rings (SSSR count). The van der Waals surface area contributed by atoms with Crippen molar-refractivity contribution in [1.82, 2.24) is 9.99 Å². The van der Waals surface area contributed by atoms with Crippen molar-refractivity contribution >= 4 is 33.7 Å². The average molecular weight is 425 g/mol. The van der Waals surface area contributed by atoms with Gasteiger partial charge in [-0.1, -0.05) is 34.1 Å². The van der Waals surface area contributed by atoms with E-state index in [1.54, 1.807) is 30.5 Å². The van der Waals surface area contributed by atoms with Crippen LogP contribution in [0.15, 0.2) is 58.1 Å². The molecule has 1 heterocycles. The molecule has 27 heavy (non-hydrogen) atoms. The van der Waals surface area contributed by atoms with Crippen LogP contribution in [0.4, 0.5) is 5.69 Å². The van der Waals surface area contributed by atoms with Crippen LogP contribution in [0.3, 0.4) is 0 Å². The molecule has 0 aliphatic carbocycles. The van der Waals surface area contributed by atoms with Gasteiger partial charge in [0.15, 0.2) is 0 Å². The zero-order valence-corrected chi connectivity index (χ0v) is 17.0. The van der Waals surface area contributed by atoms with Crippen molar-refractivity contribution in [3.8, 4) is 5.69 Å². The molecule has 3 N–H and O–H groups in total. The molecule has 2 aromatic carbocycles. The van der Waals surface area contributed by atoms with Crippen LogP contribution >= 0.6 is 15.9 Å². The number of nitrogen functional groups attached to an aromatic ring is 1. The van der Waals surface area contributed by atoms with E-state index in [0.717, 1.165) is 27.1 Å². The van der Waals surface area contributed by atoms with Gasteiger partial charge in [0.05, 0.1) is 11.8 Å². The molecule has 0 aliphatic heterocycles. The third kappa shape index (κ3) is 3.95. The maximum absolute atomic E-state index is 12.2. The smallest absolute Gasteiger partial charge is 0.273 e. The van der Waals surface area contributed by atoms with E-state index in [1.165, 1.54) is 5.56 Å². The van der Waals surface area contributed by atoms with Gasteiger partial charge in [0.25, 0.3) is 5.91 Å². The van der Waals surface area contributed by atoms with Gasteiger partial charge >= 0.3 is 0 Å². The summed E-state index contributed by atoms with van der Waals surface area (Å²) in [7, 11) is 0. The van der Waals surface area contributed by atoms with E-state index >= 15 is 0 Å². The average Bonchev–Trinajstić information content (AvgIpc) is 2.91. The molecule has 5 nitrogen and oxygen atoms in total. The first-order chi connectivity index (χ1) is 12.9. The van der Waals surface area contributed by atoms with Crippen LogP contribution in [0, 0.1) is 20.8 Å². The Balaban J connectivity index is 1.82. The molecular formula is C21H21BrN4O. The van der Waals surface area contributed by atoms with E-state index in [2.05, 4.69) is 56.1 Å². The fraction of sp³-hybridized carbons (Fsp3) is 0.143. The number of aromatic nitrogens is 1. The standard InChI is InChI=1S/C21H21BrN4O/c1-13-8-9-17(11-19(13)22)26-14(2)10-16(15(26)3)12-24-25-21(27)18-6-4-5-7-20(18)23/h4-12H,23H2,1-3H3,(H,25,27)/b24-12-. The Morgan fingerprint density at radius 3 is 2.59 bits per heavy atom. The Morgan fingerprint density at radius 1 is 1.15 bits per heavy atom. The molecule has 6 heteroatoms.